The van der Waals surface area contributed by atoms with Crippen LogP contribution in [0.25, 0.3) is 10.9 Å². The summed E-state index contributed by atoms with van der Waals surface area (Å²) in [5.74, 6) is -0.618. The van der Waals surface area contributed by atoms with E-state index in [0.717, 1.165) is 0 Å². The number of esters is 1. The first-order chi connectivity index (χ1) is 10.7. The van der Waals surface area contributed by atoms with E-state index in [4.69, 9.17) is 10.3 Å². The van der Waals surface area contributed by atoms with Crippen molar-refractivity contribution in [3.05, 3.63) is 59.7 Å². The lowest BCUT2D eigenvalue weighted by atomic mass is 10.1. The number of benzene rings is 2. The van der Waals surface area contributed by atoms with Crippen LogP contribution in [0.5, 0.6) is 5.88 Å². The van der Waals surface area contributed by atoms with Gasteiger partial charge < -0.3 is 9.84 Å². The van der Waals surface area contributed by atoms with E-state index in [0.29, 0.717) is 22.0 Å². The normalized spacial score (nSPS) is 16.5. The van der Waals surface area contributed by atoms with Crippen LogP contribution < -0.4 is 0 Å². The fourth-order valence-corrected chi connectivity index (χ4v) is 2.90. The number of hydrogen-bond acceptors (Lipinski definition) is 5. The van der Waals surface area contributed by atoms with Crippen LogP contribution in [-0.2, 0) is 4.74 Å². The molecule has 1 aromatic heterocycles. The molecular formula is C16H11N3O3. The summed E-state index contributed by atoms with van der Waals surface area (Å²) in [4.78, 5) is 12.0. The Balaban J connectivity index is 2.03. The number of carbonyl (C=O) groups is 1. The maximum absolute atomic E-state index is 12.0. The van der Waals surface area contributed by atoms with Gasteiger partial charge >= 0.3 is 5.97 Å². The second-order valence-electron chi connectivity index (χ2n) is 5.02. The van der Waals surface area contributed by atoms with E-state index in [1.807, 2.05) is 12.1 Å². The average Bonchev–Trinajstić information content (AvgIpc) is 3.02. The van der Waals surface area contributed by atoms with Crippen LogP contribution in [0.4, 0.5) is 5.69 Å². The van der Waals surface area contributed by atoms with Crippen LogP contribution in [0.15, 0.2) is 53.6 Å². The maximum atomic E-state index is 12.0. The van der Waals surface area contributed by atoms with Crippen molar-refractivity contribution < 1.29 is 14.6 Å². The van der Waals surface area contributed by atoms with Crippen LogP contribution in [0.3, 0.4) is 0 Å². The molecule has 1 aliphatic heterocycles. The Morgan fingerprint density at radius 1 is 1.14 bits per heavy atom. The third-order valence-corrected chi connectivity index (χ3v) is 3.87. The zero-order valence-corrected chi connectivity index (χ0v) is 11.4. The molecule has 3 aromatic rings. The van der Waals surface area contributed by atoms with Crippen molar-refractivity contribution in [2.75, 3.05) is 0 Å². The van der Waals surface area contributed by atoms with Gasteiger partial charge in [0.05, 0.1) is 11.1 Å². The molecule has 0 aliphatic carbocycles. The minimum atomic E-state index is -0.760. The van der Waals surface area contributed by atoms with Crippen molar-refractivity contribution in [2.45, 2.75) is 6.23 Å². The van der Waals surface area contributed by atoms with Crippen LogP contribution >= 0.6 is 0 Å². The zero-order valence-electron chi connectivity index (χ0n) is 11.4. The Hall–Kier alpha value is -3.15. The largest absolute Gasteiger partial charge is 0.493 e. The molecule has 0 bridgehead atoms. The van der Waals surface area contributed by atoms with Crippen LogP contribution in [0.1, 0.15) is 22.1 Å². The first-order valence-electron chi connectivity index (χ1n) is 6.71. The van der Waals surface area contributed by atoms with Gasteiger partial charge in [0.25, 0.3) is 0 Å². The second-order valence-corrected chi connectivity index (χ2v) is 5.02. The number of aromatic nitrogens is 1. The highest BCUT2D eigenvalue weighted by Gasteiger charge is 2.35. The minimum absolute atomic E-state index is 0.163. The third-order valence-electron chi connectivity index (χ3n) is 3.87. The Kier molecular flexibility index (Phi) is 2.53. The average molecular weight is 293 g/mol. The molecular weight excluding hydrogens is 282 g/mol. The van der Waals surface area contributed by atoms with Crippen molar-refractivity contribution in [3.63, 3.8) is 0 Å². The number of rotatable bonds is 2. The van der Waals surface area contributed by atoms with Gasteiger partial charge in [-0.1, -0.05) is 36.4 Å². The quantitative estimate of drug-likeness (QED) is 0.557. The molecule has 0 amide bonds. The lowest BCUT2D eigenvalue weighted by Crippen LogP contribution is -2.09. The SMILES string of the molecule is N=Nc1c(O)n([C@@H]2OC(=O)c3ccccc32)c2ccccc12. The molecule has 4 rings (SSSR count). The predicted molar refractivity (Wildman–Crippen MR) is 78.4 cm³/mol. The molecule has 0 fully saturated rings. The summed E-state index contributed by atoms with van der Waals surface area (Å²) in [6.07, 6.45) is -0.760. The van der Waals surface area contributed by atoms with Gasteiger partial charge in [-0.25, -0.2) is 10.3 Å². The molecule has 1 aliphatic rings. The Morgan fingerprint density at radius 3 is 2.68 bits per heavy atom. The highest BCUT2D eigenvalue weighted by Crippen LogP contribution is 2.44. The monoisotopic (exact) mass is 293 g/mol. The molecule has 108 valence electrons. The molecule has 1 atom stereocenters. The molecule has 0 saturated heterocycles. The molecule has 0 saturated carbocycles. The van der Waals surface area contributed by atoms with E-state index >= 15 is 0 Å². The Bertz CT molecular complexity index is 930. The van der Waals surface area contributed by atoms with Crippen molar-refractivity contribution >= 4 is 22.6 Å². The van der Waals surface area contributed by atoms with Gasteiger partial charge in [-0.2, -0.15) is 5.11 Å². The van der Waals surface area contributed by atoms with Gasteiger partial charge in [0, 0.05) is 10.9 Å². The number of aromatic hydroxyl groups is 1. The maximum Gasteiger partial charge on any atom is 0.340 e. The summed E-state index contributed by atoms with van der Waals surface area (Å²) in [6.45, 7) is 0. The predicted octanol–water partition coefficient (Wildman–Crippen LogP) is 3.73. The van der Waals surface area contributed by atoms with Crippen LogP contribution in [0, 0.1) is 5.53 Å². The molecule has 2 aromatic carbocycles. The van der Waals surface area contributed by atoms with E-state index in [1.165, 1.54) is 4.57 Å². The molecule has 22 heavy (non-hydrogen) atoms. The van der Waals surface area contributed by atoms with E-state index in [1.54, 1.807) is 36.4 Å². The van der Waals surface area contributed by atoms with Crippen LogP contribution in [-0.4, -0.2) is 15.6 Å². The molecule has 0 spiro atoms. The number of carbonyl (C=O) groups excluding carboxylic acids is 1. The summed E-state index contributed by atoms with van der Waals surface area (Å²) in [5, 5.41) is 14.5. The van der Waals surface area contributed by atoms with Gasteiger partial charge in [0.1, 0.15) is 0 Å². The lowest BCUT2D eigenvalue weighted by molar-refractivity contribution is 0.0318. The molecule has 6 heteroatoms. The highest BCUT2D eigenvalue weighted by atomic mass is 16.6. The summed E-state index contributed by atoms with van der Waals surface area (Å²) in [6, 6.07) is 14.2. The second kappa shape index (κ2) is 4.42. The molecule has 6 nitrogen and oxygen atoms in total. The van der Waals surface area contributed by atoms with E-state index in [-0.39, 0.29) is 11.6 Å². The number of nitrogens with one attached hydrogen (secondary N) is 1. The van der Waals surface area contributed by atoms with E-state index < -0.39 is 12.2 Å². The molecule has 0 radical (unpaired) electrons. The van der Waals surface area contributed by atoms with Crippen molar-refractivity contribution in [2.24, 2.45) is 5.11 Å². The molecule has 2 heterocycles. The number of nitrogens with zero attached hydrogens (tertiary/aromatic N) is 2. The summed E-state index contributed by atoms with van der Waals surface area (Å²) in [5.41, 5.74) is 9.26. The van der Waals surface area contributed by atoms with E-state index in [2.05, 4.69) is 5.11 Å². The number of hydrogen-bond donors (Lipinski definition) is 2. The molecule has 2 N–H and O–H groups in total. The Labute approximate surface area is 125 Å². The zero-order chi connectivity index (χ0) is 15.3. The standard InChI is InChI=1S/C16H11N3O3/c17-18-13-11-7-3-4-8-12(11)19(14(13)20)15-9-5-1-2-6-10(9)16(21)22-15/h1-8,15,17,20H/t15-/m1/s1. The fraction of sp³-hybridized carbons (Fsp3) is 0.0625. The fourth-order valence-electron chi connectivity index (χ4n) is 2.90. The topological polar surface area (TPSA) is 87.7 Å². The van der Waals surface area contributed by atoms with E-state index in [9.17, 15) is 9.90 Å². The first-order valence-corrected chi connectivity index (χ1v) is 6.71. The minimum Gasteiger partial charge on any atom is -0.493 e. The van der Waals surface area contributed by atoms with Crippen molar-refractivity contribution in [1.29, 1.82) is 5.53 Å². The van der Waals surface area contributed by atoms with Crippen LogP contribution in [0.2, 0.25) is 0 Å². The summed E-state index contributed by atoms with van der Waals surface area (Å²) in [7, 11) is 0. The third kappa shape index (κ3) is 1.52. The van der Waals surface area contributed by atoms with Gasteiger partial charge in [-0.15, -0.1) is 0 Å². The molecule has 0 unspecified atom stereocenters. The van der Waals surface area contributed by atoms with Crippen molar-refractivity contribution in [3.8, 4) is 5.88 Å². The highest BCUT2D eigenvalue weighted by molar-refractivity contribution is 5.97. The van der Waals surface area contributed by atoms with Gasteiger partial charge in [0.15, 0.2) is 5.69 Å². The smallest absolute Gasteiger partial charge is 0.340 e. The summed E-state index contributed by atoms with van der Waals surface area (Å²) < 4.78 is 6.92. The van der Waals surface area contributed by atoms with Gasteiger partial charge in [-0.05, 0) is 12.1 Å². The van der Waals surface area contributed by atoms with Gasteiger partial charge in [0.2, 0.25) is 12.1 Å². The van der Waals surface area contributed by atoms with Crippen molar-refractivity contribution in [1.82, 2.24) is 4.57 Å². The number of para-hydroxylation sites is 1. The first kappa shape index (κ1) is 12.6. The number of cyclic esters (lactones) is 1. The lowest BCUT2D eigenvalue weighted by Gasteiger charge is -2.15. The number of ether oxygens (including phenoxy) is 1. The van der Waals surface area contributed by atoms with Gasteiger partial charge in [-0.3, -0.25) is 4.57 Å². The number of fused-ring (bicyclic) bond motifs is 2. The summed E-state index contributed by atoms with van der Waals surface area (Å²) >= 11 is 0. The Morgan fingerprint density at radius 2 is 1.86 bits per heavy atom.